The van der Waals surface area contributed by atoms with Crippen LogP contribution in [0.5, 0.6) is 0 Å². The lowest BCUT2D eigenvalue weighted by molar-refractivity contribution is -0.137. The van der Waals surface area contributed by atoms with Crippen molar-refractivity contribution in [3.05, 3.63) is 0 Å². The van der Waals surface area contributed by atoms with E-state index in [1.165, 1.54) is 83.7 Å². The summed E-state index contributed by atoms with van der Waals surface area (Å²) in [4.78, 5) is 13.2. The lowest BCUT2D eigenvalue weighted by Gasteiger charge is -2.24. The van der Waals surface area contributed by atoms with Crippen LogP contribution in [-0.4, -0.2) is 35.1 Å². The van der Waals surface area contributed by atoms with Crippen LogP contribution in [0, 0.1) is 0 Å². The standard InChI is InChI=1S/C19H37NO2/c1-2-3-4-5-8-11-16-20-17-12-14-18(20)13-9-6-7-10-15-19(21)22/h18H,2-17H2,1H3,(H,21,22)/t18-/m0/s1. The minimum atomic E-state index is -0.652. The predicted molar refractivity (Wildman–Crippen MR) is 93.3 cm³/mol. The molecule has 1 N–H and O–H groups in total. The fourth-order valence-corrected chi connectivity index (χ4v) is 3.62. The summed E-state index contributed by atoms with van der Waals surface area (Å²) in [6.07, 6.45) is 17.2. The molecule has 1 heterocycles. The van der Waals surface area contributed by atoms with Crippen LogP contribution in [0.15, 0.2) is 0 Å². The smallest absolute Gasteiger partial charge is 0.303 e. The molecular formula is C19H37NO2. The van der Waals surface area contributed by atoms with E-state index in [9.17, 15) is 4.79 Å². The first-order valence-electron chi connectivity index (χ1n) is 9.70. The molecule has 0 aromatic carbocycles. The molecule has 0 aromatic rings. The molecule has 130 valence electrons. The van der Waals surface area contributed by atoms with Crippen LogP contribution >= 0.6 is 0 Å². The monoisotopic (exact) mass is 311 g/mol. The molecule has 1 fully saturated rings. The van der Waals surface area contributed by atoms with Gasteiger partial charge in [-0.1, -0.05) is 58.3 Å². The Balaban J connectivity index is 1.99. The van der Waals surface area contributed by atoms with Gasteiger partial charge in [-0.05, 0) is 45.2 Å². The molecule has 3 nitrogen and oxygen atoms in total. The first kappa shape index (κ1) is 19.5. The summed E-state index contributed by atoms with van der Waals surface area (Å²) < 4.78 is 0. The van der Waals surface area contributed by atoms with E-state index in [0.29, 0.717) is 6.42 Å². The number of hydrogen-bond donors (Lipinski definition) is 1. The van der Waals surface area contributed by atoms with Crippen molar-refractivity contribution in [1.29, 1.82) is 0 Å². The zero-order valence-electron chi connectivity index (χ0n) is 14.7. The molecule has 0 saturated carbocycles. The van der Waals surface area contributed by atoms with Gasteiger partial charge in [0.15, 0.2) is 0 Å². The molecule has 22 heavy (non-hydrogen) atoms. The van der Waals surface area contributed by atoms with Gasteiger partial charge in [0.05, 0.1) is 0 Å². The van der Waals surface area contributed by atoms with Gasteiger partial charge in [-0.15, -0.1) is 0 Å². The van der Waals surface area contributed by atoms with Crippen LogP contribution < -0.4 is 0 Å². The summed E-state index contributed by atoms with van der Waals surface area (Å²) in [6, 6.07) is 0.815. The van der Waals surface area contributed by atoms with Gasteiger partial charge in [0.1, 0.15) is 0 Å². The second-order valence-corrected chi connectivity index (χ2v) is 6.95. The molecule has 1 rings (SSSR count). The quantitative estimate of drug-likeness (QED) is 0.446. The normalized spacial score (nSPS) is 18.9. The van der Waals surface area contributed by atoms with Crippen molar-refractivity contribution in [1.82, 2.24) is 4.90 Å². The highest BCUT2D eigenvalue weighted by Crippen LogP contribution is 2.23. The number of carboxylic acid groups (broad SMARTS) is 1. The van der Waals surface area contributed by atoms with E-state index in [-0.39, 0.29) is 0 Å². The Morgan fingerprint density at radius 2 is 1.68 bits per heavy atom. The van der Waals surface area contributed by atoms with Crippen molar-refractivity contribution in [2.75, 3.05) is 13.1 Å². The van der Waals surface area contributed by atoms with Crippen molar-refractivity contribution >= 4 is 5.97 Å². The van der Waals surface area contributed by atoms with E-state index in [1.54, 1.807) is 0 Å². The zero-order chi connectivity index (χ0) is 16.0. The molecule has 1 atom stereocenters. The maximum atomic E-state index is 10.5. The average molecular weight is 312 g/mol. The van der Waals surface area contributed by atoms with Crippen molar-refractivity contribution in [2.24, 2.45) is 0 Å². The minimum absolute atomic E-state index is 0.341. The third-order valence-electron chi connectivity index (χ3n) is 4.98. The predicted octanol–water partition coefficient (Wildman–Crippen LogP) is 5.24. The summed E-state index contributed by atoms with van der Waals surface area (Å²) in [6.45, 7) is 4.88. The second-order valence-electron chi connectivity index (χ2n) is 6.95. The number of carbonyl (C=O) groups is 1. The van der Waals surface area contributed by atoms with Gasteiger partial charge < -0.3 is 10.0 Å². The van der Waals surface area contributed by atoms with Gasteiger partial charge in [-0.25, -0.2) is 0 Å². The average Bonchev–Trinajstić information content (AvgIpc) is 2.93. The number of nitrogens with zero attached hydrogens (tertiary/aromatic N) is 1. The molecule has 0 aromatic heterocycles. The third-order valence-corrected chi connectivity index (χ3v) is 4.98. The van der Waals surface area contributed by atoms with Crippen molar-refractivity contribution in [2.45, 2.75) is 103 Å². The molecule has 0 spiro atoms. The van der Waals surface area contributed by atoms with Crippen LogP contribution in [-0.2, 0) is 4.79 Å². The van der Waals surface area contributed by atoms with Crippen molar-refractivity contribution in [3.8, 4) is 0 Å². The Kier molecular flexibility index (Phi) is 11.4. The molecule has 3 heteroatoms. The molecule has 0 radical (unpaired) electrons. The molecular weight excluding hydrogens is 274 g/mol. The molecule has 0 unspecified atom stereocenters. The maximum Gasteiger partial charge on any atom is 0.303 e. The minimum Gasteiger partial charge on any atom is -0.481 e. The van der Waals surface area contributed by atoms with Crippen LogP contribution in [0.2, 0.25) is 0 Å². The molecule has 1 aliphatic heterocycles. The Labute approximate surface area is 137 Å². The highest BCUT2D eigenvalue weighted by atomic mass is 16.4. The summed E-state index contributed by atoms with van der Waals surface area (Å²) in [5.74, 6) is -0.652. The van der Waals surface area contributed by atoms with E-state index >= 15 is 0 Å². The van der Waals surface area contributed by atoms with E-state index < -0.39 is 5.97 Å². The number of aliphatic carboxylic acids is 1. The summed E-state index contributed by atoms with van der Waals surface area (Å²) in [7, 11) is 0. The first-order valence-corrected chi connectivity index (χ1v) is 9.70. The molecule has 1 saturated heterocycles. The number of likely N-dealkylation sites (tertiary alicyclic amines) is 1. The number of rotatable bonds is 14. The summed E-state index contributed by atoms with van der Waals surface area (Å²) >= 11 is 0. The molecule has 0 amide bonds. The van der Waals surface area contributed by atoms with Crippen LogP contribution in [0.4, 0.5) is 0 Å². The largest absolute Gasteiger partial charge is 0.481 e. The van der Waals surface area contributed by atoms with Gasteiger partial charge in [-0.3, -0.25) is 4.79 Å². The molecule has 0 bridgehead atoms. The van der Waals surface area contributed by atoms with Crippen LogP contribution in [0.1, 0.15) is 96.8 Å². The van der Waals surface area contributed by atoms with Gasteiger partial charge >= 0.3 is 5.97 Å². The van der Waals surface area contributed by atoms with Crippen LogP contribution in [0.25, 0.3) is 0 Å². The Bertz CT molecular complexity index is 281. The number of hydrogen-bond acceptors (Lipinski definition) is 2. The van der Waals surface area contributed by atoms with Crippen molar-refractivity contribution in [3.63, 3.8) is 0 Å². The highest BCUT2D eigenvalue weighted by molar-refractivity contribution is 5.66. The van der Waals surface area contributed by atoms with E-state index in [4.69, 9.17) is 5.11 Å². The third kappa shape index (κ3) is 9.45. The second kappa shape index (κ2) is 12.9. The summed E-state index contributed by atoms with van der Waals surface area (Å²) in [5, 5.41) is 8.62. The SMILES string of the molecule is CCCCCCCCN1CCC[C@@H]1CCCCCCC(=O)O. The Hall–Kier alpha value is -0.570. The fourth-order valence-electron chi connectivity index (χ4n) is 3.62. The fraction of sp³-hybridized carbons (Fsp3) is 0.947. The molecule has 0 aliphatic carbocycles. The number of unbranched alkanes of at least 4 members (excludes halogenated alkanes) is 8. The van der Waals surface area contributed by atoms with Gasteiger partial charge in [0, 0.05) is 12.5 Å². The molecule has 1 aliphatic rings. The van der Waals surface area contributed by atoms with Gasteiger partial charge in [-0.2, -0.15) is 0 Å². The first-order chi connectivity index (χ1) is 10.7. The van der Waals surface area contributed by atoms with E-state index in [2.05, 4.69) is 11.8 Å². The van der Waals surface area contributed by atoms with E-state index in [1.807, 2.05) is 0 Å². The topological polar surface area (TPSA) is 40.5 Å². The lowest BCUT2D eigenvalue weighted by Crippen LogP contribution is -2.30. The van der Waals surface area contributed by atoms with Gasteiger partial charge in [0.25, 0.3) is 0 Å². The van der Waals surface area contributed by atoms with Gasteiger partial charge in [0.2, 0.25) is 0 Å². The van der Waals surface area contributed by atoms with E-state index in [0.717, 1.165) is 18.9 Å². The zero-order valence-corrected chi connectivity index (χ0v) is 14.7. The maximum absolute atomic E-state index is 10.5. The van der Waals surface area contributed by atoms with Crippen molar-refractivity contribution < 1.29 is 9.90 Å². The Morgan fingerprint density at radius 3 is 2.45 bits per heavy atom. The van der Waals surface area contributed by atoms with Crippen LogP contribution in [0.3, 0.4) is 0 Å². The number of carboxylic acids is 1. The summed E-state index contributed by atoms with van der Waals surface area (Å²) in [5.41, 5.74) is 0. The Morgan fingerprint density at radius 1 is 1.00 bits per heavy atom. The lowest BCUT2D eigenvalue weighted by atomic mass is 10.0. The highest BCUT2D eigenvalue weighted by Gasteiger charge is 2.22.